The third-order valence-corrected chi connectivity index (χ3v) is 3.79. The molecule has 0 aliphatic carbocycles. The molecule has 1 atom stereocenters. The summed E-state index contributed by atoms with van der Waals surface area (Å²) in [6.45, 7) is 3.10. The van der Waals surface area contributed by atoms with Crippen LogP contribution in [0, 0.1) is 5.82 Å². The molecular weight excluding hydrogens is 346 g/mol. The lowest BCUT2D eigenvalue weighted by molar-refractivity contribution is -0.272. The van der Waals surface area contributed by atoms with Gasteiger partial charge in [-0.05, 0) is 36.6 Å². The van der Waals surface area contributed by atoms with Gasteiger partial charge in [-0.1, -0.05) is 37.3 Å². The summed E-state index contributed by atoms with van der Waals surface area (Å²) in [6, 6.07) is 7.51. The molecule has 0 saturated carbocycles. The third-order valence-electron chi connectivity index (χ3n) is 3.79. The molecule has 136 valence electrons. The molecule has 0 fully saturated rings. The van der Waals surface area contributed by atoms with Crippen molar-refractivity contribution in [3.8, 4) is 0 Å². The molecule has 7 heteroatoms. The standard InChI is InChI=1S/C18H16F6O/c1-3-12-4-7-14(8-5-12)18(23,24)25-11(2)13-6-9-15(16(19)10-13)17(20,21)22/h4-11H,3H2,1-2H3. The van der Waals surface area contributed by atoms with E-state index >= 15 is 0 Å². The van der Waals surface area contributed by atoms with E-state index in [-0.39, 0.29) is 11.1 Å². The molecule has 0 heterocycles. The molecule has 0 spiro atoms. The number of benzene rings is 2. The van der Waals surface area contributed by atoms with Gasteiger partial charge in [0.25, 0.3) is 0 Å². The zero-order valence-electron chi connectivity index (χ0n) is 13.5. The lowest BCUT2D eigenvalue weighted by atomic mass is 10.1. The highest BCUT2D eigenvalue weighted by atomic mass is 19.4. The highest BCUT2D eigenvalue weighted by molar-refractivity contribution is 5.28. The number of rotatable bonds is 5. The molecule has 0 aliphatic rings. The van der Waals surface area contributed by atoms with E-state index in [2.05, 4.69) is 4.74 Å². The predicted octanol–water partition coefficient (Wildman–Crippen LogP) is 6.23. The Morgan fingerprint density at radius 1 is 0.960 bits per heavy atom. The monoisotopic (exact) mass is 362 g/mol. The number of hydrogen-bond donors (Lipinski definition) is 0. The van der Waals surface area contributed by atoms with E-state index in [0.29, 0.717) is 18.6 Å². The van der Waals surface area contributed by atoms with Crippen LogP contribution in [0.4, 0.5) is 26.3 Å². The van der Waals surface area contributed by atoms with Crippen molar-refractivity contribution >= 4 is 0 Å². The number of alkyl halides is 5. The number of halogens is 6. The van der Waals surface area contributed by atoms with E-state index in [0.717, 1.165) is 11.6 Å². The highest BCUT2D eigenvalue weighted by Crippen LogP contribution is 2.37. The van der Waals surface area contributed by atoms with Crippen LogP contribution in [0.15, 0.2) is 42.5 Å². The normalized spacial score (nSPS) is 13.8. The Labute approximate surface area is 141 Å². The summed E-state index contributed by atoms with van der Waals surface area (Å²) in [4.78, 5) is 0. The van der Waals surface area contributed by atoms with E-state index < -0.39 is 29.8 Å². The second-order valence-electron chi connectivity index (χ2n) is 5.56. The van der Waals surface area contributed by atoms with Gasteiger partial charge in [0.2, 0.25) is 0 Å². The van der Waals surface area contributed by atoms with Crippen LogP contribution >= 0.6 is 0 Å². The molecule has 0 saturated heterocycles. The minimum absolute atomic E-state index is 0.115. The van der Waals surface area contributed by atoms with Crippen LogP contribution in [0.25, 0.3) is 0 Å². The molecule has 0 N–H and O–H groups in total. The molecule has 25 heavy (non-hydrogen) atoms. The van der Waals surface area contributed by atoms with E-state index in [1.54, 1.807) is 0 Å². The van der Waals surface area contributed by atoms with Crippen molar-refractivity contribution in [2.75, 3.05) is 0 Å². The number of ether oxygens (including phenoxy) is 1. The first-order valence-electron chi connectivity index (χ1n) is 7.56. The first-order chi connectivity index (χ1) is 11.5. The lowest BCUT2D eigenvalue weighted by Gasteiger charge is -2.23. The minimum Gasteiger partial charge on any atom is -0.309 e. The zero-order chi connectivity index (χ0) is 18.8. The Kier molecular flexibility index (Phi) is 5.46. The Morgan fingerprint density at radius 3 is 2.04 bits per heavy atom. The van der Waals surface area contributed by atoms with E-state index in [1.807, 2.05) is 6.92 Å². The zero-order valence-corrected chi connectivity index (χ0v) is 13.5. The van der Waals surface area contributed by atoms with Crippen LogP contribution in [-0.4, -0.2) is 0 Å². The Morgan fingerprint density at radius 2 is 1.56 bits per heavy atom. The van der Waals surface area contributed by atoms with Gasteiger partial charge in [-0.15, -0.1) is 0 Å². The van der Waals surface area contributed by atoms with Gasteiger partial charge in [-0.25, -0.2) is 4.39 Å². The van der Waals surface area contributed by atoms with Gasteiger partial charge in [-0.2, -0.15) is 22.0 Å². The molecule has 0 radical (unpaired) electrons. The van der Waals surface area contributed by atoms with Gasteiger partial charge in [0, 0.05) is 0 Å². The summed E-state index contributed by atoms with van der Waals surface area (Å²) < 4.78 is 84.3. The van der Waals surface area contributed by atoms with Crippen molar-refractivity contribution < 1.29 is 31.1 Å². The van der Waals surface area contributed by atoms with Gasteiger partial charge in [0.15, 0.2) is 0 Å². The minimum atomic E-state index is -4.85. The van der Waals surface area contributed by atoms with Crippen molar-refractivity contribution in [1.82, 2.24) is 0 Å². The molecule has 0 amide bonds. The highest BCUT2D eigenvalue weighted by Gasteiger charge is 2.37. The van der Waals surface area contributed by atoms with Crippen molar-refractivity contribution in [2.24, 2.45) is 0 Å². The van der Waals surface area contributed by atoms with Crippen molar-refractivity contribution in [3.63, 3.8) is 0 Å². The maximum absolute atomic E-state index is 14.2. The van der Waals surface area contributed by atoms with E-state index in [9.17, 15) is 26.3 Å². The van der Waals surface area contributed by atoms with Crippen molar-refractivity contribution in [3.05, 3.63) is 70.5 Å². The van der Waals surface area contributed by atoms with Crippen LogP contribution in [0.2, 0.25) is 0 Å². The maximum Gasteiger partial charge on any atom is 0.419 e. The first kappa shape index (κ1) is 19.3. The largest absolute Gasteiger partial charge is 0.419 e. The third kappa shape index (κ3) is 4.54. The summed E-state index contributed by atoms with van der Waals surface area (Å²) in [5.74, 6) is -1.53. The molecule has 1 unspecified atom stereocenters. The SMILES string of the molecule is CCc1ccc(C(F)(F)OC(C)c2ccc(C(F)(F)F)c(F)c2)cc1. The smallest absolute Gasteiger partial charge is 0.309 e. The summed E-state index contributed by atoms with van der Waals surface area (Å²) in [5, 5.41) is 0. The summed E-state index contributed by atoms with van der Waals surface area (Å²) in [7, 11) is 0. The van der Waals surface area contributed by atoms with Crippen LogP contribution < -0.4 is 0 Å². The van der Waals surface area contributed by atoms with Crippen LogP contribution in [0.3, 0.4) is 0 Å². The Hall–Kier alpha value is -2.02. The number of aryl methyl sites for hydroxylation is 1. The topological polar surface area (TPSA) is 9.23 Å². The fourth-order valence-electron chi connectivity index (χ4n) is 2.31. The average molecular weight is 362 g/mol. The Bertz CT molecular complexity index is 721. The van der Waals surface area contributed by atoms with Gasteiger partial charge in [-0.3, -0.25) is 0 Å². The van der Waals surface area contributed by atoms with Gasteiger partial charge in [0.05, 0.1) is 17.2 Å². The molecule has 1 nitrogen and oxygen atoms in total. The van der Waals surface area contributed by atoms with E-state index in [4.69, 9.17) is 0 Å². The van der Waals surface area contributed by atoms with E-state index in [1.165, 1.54) is 31.2 Å². The molecule has 2 aromatic rings. The predicted molar refractivity (Wildman–Crippen MR) is 80.6 cm³/mol. The quantitative estimate of drug-likeness (QED) is 0.573. The summed E-state index contributed by atoms with van der Waals surface area (Å²) in [6.07, 6.45) is -9.13. The van der Waals surface area contributed by atoms with Gasteiger partial charge < -0.3 is 4.74 Å². The summed E-state index contributed by atoms with van der Waals surface area (Å²) >= 11 is 0. The van der Waals surface area contributed by atoms with Crippen molar-refractivity contribution in [1.29, 1.82) is 0 Å². The second kappa shape index (κ2) is 7.07. The van der Waals surface area contributed by atoms with Crippen LogP contribution in [0.5, 0.6) is 0 Å². The fraction of sp³-hybridized carbons (Fsp3) is 0.333. The van der Waals surface area contributed by atoms with Crippen LogP contribution in [-0.2, 0) is 23.4 Å². The average Bonchev–Trinajstić information content (AvgIpc) is 2.53. The van der Waals surface area contributed by atoms with Crippen LogP contribution in [0.1, 0.15) is 42.2 Å². The first-order valence-corrected chi connectivity index (χ1v) is 7.56. The fourth-order valence-corrected chi connectivity index (χ4v) is 2.31. The maximum atomic E-state index is 14.2. The second-order valence-corrected chi connectivity index (χ2v) is 5.56. The lowest BCUT2D eigenvalue weighted by Crippen LogP contribution is -2.20. The molecular formula is C18H16F6O. The number of hydrogen-bond acceptors (Lipinski definition) is 1. The molecule has 0 bridgehead atoms. The molecule has 2 aromatic carbocycles. The van der Waals surface area contributed by atoms with Gasteiger partial charge in [0.1, 0.15) is 5.82 Å². The molecule has 2 rings (SSSR count). The van der Waals surface area contributed by atoms with Gasteiger partial charge >= 0.3 is 12.3 Å². The molecule has 0 aliphatic heterocycles. The van der Waals surface area contributed by atoms with Crippen molar-refractivity contribution in [2.45, 2.75) is 38.7 Å². The summed E-state index contributed by atoms with van der Waals surface area (Å²) in [5.41, 5.74) is -1.08. The Balaban J connectivity index is 2.19. The molecule has 0 aromatic heterocycles.